The lowest BCUT2D eigenvalue weighted by Crippen LogP contribution is -2.13. The van der Waals surface area contributed by atoms with Gasteiger partial charge in [-0.3, -0.25) is 4.72 Å². The maximum Gasteiger partial charge on any atom is 0.261 e. The minimum atomic E-state index is -3.59. The highest BCUT2D eigenvalue weighted by molar-refractivity contribution is 7.92. The first-order valence-corrected chi connectivity index (χ1v) is 7.89. The highest BCUT2D eigenvalue weighted by atomic mass is 35.5. The van der Waals surface area contributed by atoms with Gasteiger partial charge in [-0.1, -0.05) is 29.8 Å². The van der Waals surface area contributed by atoms with Crippen LogP contribution in [0.2, 0.25) is 5.02 Å². The summed E-state index contributed by atoms with van der Waals surface area (Å²) >= 11 is 5.83. The van der Waals surface area contributed by atoms with E-state index in [9.17, 15) is 8.42 Å². The molecule has 0 aromatic heterocycles. The van der Waals surface area contributed by atoms with Crippen molar-refractivity contribution >= 4 is 27.3 Å². The van der Waals surface area contributed by atoms with E-state index >= 15 is 0 Å². The Bertz CT molecular complexity index is 685. The van der Waals surface area contributed by atoms with Gasteiger partial charge >= 0.3 is 0 Å². The van der Waals surface area contributed by atoms with Gasteiger partial charge < -0.3 is 5.32 Å². The summed E-state index contributed by atoms with van der Waals surface area (Å²) < 4.78 is 26.9. The number of halogens is 1. The summed E-state index contributed by atoms with van der Waals surface area (Å²) in [7, 11) is -1.75. The van der Waals surface area contributed by atoms with E-state index in [1.165, 1.54) is 0 Å². The summed E-state index contributed by atoms with van der Waals surface area (Å²) in [6.07, 6.45) is 0. The average molecular weight is 311 g/mol. The molecule has 2 rings (SSSR count). The monoisotopic (exact) mass is 310 g/mol. The van der Waals surface area contributed by atoms with Crippen molar-refractivity contribution in [3.63, 3.8) is 0 Å². The van der Waals surface area contributed by atoms with Crippen molar-refractivity contribution in [3.05, 3.63) is 59.1 Å². The lowest BCUT2D eigenvalue weighted by molar-refractivity contribution is 0.601. The zero-order valence-corrected chi connectivity index (χ0v) is 12.5. The van der Waals surface area contributed by atoms with Gasteiger partial charge in [0.2, 0.25) is 0 Å². The van der Waals surface area contributed by atoms with Crippen molar-refractivity contribution in [2.75, 3.05) is 11.8 Å². The Labute approximate surface area is 123 Å². The van der Waals surface area contributed by atoms with E-state index in [4.69, 9.17) is 11.6 Å². The third-order valence-corrected chi connectivity index (χ3v) is 4.32. The summed E-state index contributed by atoms with van der Waals surface area (Å²) in [6.45, 7) is 0.696. The van der Waals surface area contributed by atoms with Crippen LogP contribution in [-0.4, -0.2) is 15.5 Å². The fraction of sp³-hybridized carbons (Fsp3) is 0.143. The Morgan fingerprint density at radius 3 is 2.40 bits per heavy atom. The molecule has 0 saturated heterocycles. The molecule has 106 valence electrons. The van der Waals surface area contributed by atoms with E-state index in [0.717, 1.165) is 5.56 Å². The fourth-order valence-electron chi connectivity index (χ4n) is 1.76. The summed E-state index contributed by atoms with van der Waals surface area (Å²) in [4.78, 5) is 0.220. The SMILES string of the molecule is CNCc1ccc(S(=O)(=O)Nc2cccc(Cl)c2)cc1. The van der Waals surface area contributed by atoms with E-state index < -0.39 is 10.0 Å². The predicted molar refractivity (Wildman–Crippen MR) is 81.5 cm³/mol. The largest absolute Gasteiger partial charge is 0.316 e. The van der Waals surface area contributed by atoms with E-state index in [2.05, 4.69) is 10.0 Å². The van der Waals surface area contributed by atoms with Crippen molar-refractivity contribution in [1.82, 2.24) is 5.32 Å². The zero-order valence-electron chi connectivity index (χ0n) is 10.9. The number of nitrogens with one attached hydrogen (secondary N) is 2. The van der Waals surface area contributed by atoms with Crippen LogP contribution in [0.25, 0.3) is 0 Å². The first kappa shape index (κ1) is 14.8. The molecule has 0 bridgehead atoms. The second-order valence-electron chi connectivity index (χ2n) is 4.29. The Kier molecular flexibility index (Phi) is 4.65. The Balaban J connectivity index is 2.21. The lowest BCUT2D eigenvalue weighted by Gasteiger charge is -2.09. The van der Waals surface area contributed by atoms with Crippen LogP contribution in [-0.2, 0) is 16.6 Å². The Morgan fingerprint density at radius 2 is 1.80 bits per heavy atom. The van der Waals surface area contributed by atoms with Gasteiger partial charge in [0.25, 0.3) is 10.0 Å². The number of hydrogen-bond acceptors (Lipinski definition) is 3. The third kappa shape index (κ3) is 3.72. The van der Waals surface area contributed by atoms with E-state index in [1.54, 1.807) is 48.5 Å². The van der Waals surface area contributed by atoms with Crippen LogP contribution in [0.15, 0.2) is 53.4 Å². The molecule has 0 radical (unpaired) electrons. The normalized spacial score (nSPS) is 11.3. The van der Waals surface area contributed by atoms with E-state index in [1.807, 2.05) is 7.05 Å². The quantitative estimate of drug-likeness (QED) is 0.893. The molecule has 0 saturated carbocycles. The van der Waals surface area contributed by atoms with Gasteiger partial charge in [-0.25, -0.2) is 8.42 Å². The molecule has 2 N–H and O–H groups in total. The topological polar surface area (TPSA) is 58.2 Å². The van der Waals surface area contributed by atoms with Crippen LogP contribution in [0.3, 0.4) is 0 Å². The number of sulfonamides is 1. The summed E-state index contributed by atoms with van der Waals surface area (Å²) in [5.41, 5.74) is 1.46. The van der Waals surface area contributed by atoms with Crippen molar-refractivity contribution in [3.8, 4) is 0 Å². The molecule has 4 nitrogen and oxygen atoms in total. The first-order chi connectivity index (χ1) is 9.51. The molecule has 0 unspecified atom stereocenters. The number of hydrogen-bond donors (Lipinski definition) is 2. The molecule has 0 atom stereocenters. The molecular formula is C14H15ClN2O2S. The maximum atomic E-state index is 12.2. The van der Waals surface area contributed by atoms with Crippen LogP contribution < -0.4 is 10.0 Å². The van der Waals surface area contributed by atoms with Gasteiger partial charge in [0, 0.05) is 11.6 Å². The smallest absolute Gasteiger partial charge is 0.261 e. The van der Waals surface area contributed by atoms with E-state index in [-0.39, 0.29) is 4.90 Å². The highest BCUT2D eigenvalue weighted by Crippen LogP contribution is 2.19. The number of benzene rings is 2. The van der Waals surface area contributed by atoms with Gasteiger partial charge in [0.05, 0.1) is 10.6 Å². The van der Waals surface area contributed by atoms with Crippen LogP contribution >= 0.6 is 11.6 Å². The number of rotatable bonds is 5. The highest BCUT2D eigenvalue weighted by Gasteiger charge is 2.13. The van der Waals surface area contributed by atoms with Crippen molar-refractivity contribution < 1.29 is 8.42 Å². The minimum Gasteiger partial charge on any atom is -0.316 e. The summed E-state index contributed by atoms with van der Waals surface area (Å²) in [6, 6.07) is 13.3. The standard InChI is InChI=1S/C14H15ClN2O2S/c1-16-10-11-5-7-14(8-6-11)20(18,19)17-13-4-2-3-12(15)9-13/h2-9,16-17H,10H2,1H3. The molecule has 0 amide bonds. The summed E-state index contributed by atoms with van der Waals surface area (Å²) in [5.74, 6) is 0. The molecule has 2 aromatic rings. The first-order valence-electron chi connectivity index (χ1n) is 6.03. The number of anilines is 1. The van der Waals surface area contributed by atoms with Crippen LogP contribution in [0, 0.1) is 0 Å². The zero-order chi connectivity index (χ0) is 14.6. The molecule has 0 fully saturated rings. The molecule has 0 spiro atoms. The van der Waals surface area contributed by atoms with Crippen LogP contribution in [0.5, 0.6) is 0 Å². The molecule has 6 heteroatoms. The van der Waals surface area contributed by atoms with Crippen LogP contribution in [0.4, 0.5) is 5.69 Å². The molecule has 0 aliphatic carbocycles. The second-order valence-corrected chi connectivity index (χ2v) is 6.41. The lowest BCUT2D eigenvalue weighted by atomic mass is 10.2. The molecular weight excluding hydrogens is 296 g/mol. The predicted octanol–water partition coefficient (Wildman–Crippen LogP) is 2.86. The summed E-state index contributed by atoms with van der Waals surface area (Å²) in [5, 5.41) is 3.49. The third-order valence-electron chi connectivity index (χ3n) is 2.69. The Hall–Kier alpha value is -1.56. The van der Waals surface area contributed by atoms with Gasteiger partial charge in [-0.05, 0) is 42.9 Å². The molecule has 2 aromatic carbocycles. The Morgan fingerprint density at radius 1 is 1.10 bits per heavy atom. The minimum absolute atomic E-state index is 0.220. The van der Waals surface area contributed by atoms with Crippen molar-refractivity contribution in [2.24, 2.45) is 0 Å². The van der Waals surface area contributed by atoms with Gasteiger partial charge in [0.1, 0.15) is 0 Å². The van der Waals surface area contributed by atoms with Gasteiger partial charge in [-0.15, -0.1) is 0 Å². The maximum absolute atomic E-state index is 12.2. The van der Waals surface area contributed by atoms with Crippen LogP contribution in [0.1, 0.15) is 5.56 Å². The van der Waals surface area contributed by atoms with Crippen molar-refractivity contribution in [1.29, 1.82) is 0 Å². The molecule has 20 heavy (non-hydrogen) atoms. The molecule has 0 heterocycles. The average Bonchev–Trinajstić information content (AvgIpc) is 2.39. The van der Waals surface area contributed by atoms with Gasteiger partial charge in [-0.2, -0.15) is 0 Å². The molecule has 0 aliphatic rings. The molecule has 0 aliphatic heterocycles. The second kappa shape index (κ2) is 6.26. The van der Waals surface area contributed by atoms with Crippen molar-refractivity contribution in [2.45, 2.75) is 11.4 Å². The fourth-order valence-corrected chi connectivity index (χ4v) is 3.00. The van der Waals surface area contributed by atoms with Gasteiger partial charge in [0.15, 0.2) is 0 Å². The van der Waals surface area contributed by atoms with E-state index in [0.29, 0.717) is 17.3 Å².